The van der Waals surface area contributed by atoms with Crippen molar-refractivity contribution >= 4 is 46.7 Å². The second-order valence-corrected chi connectivity index (χ2v) is 8.71. The zero-order chi connectivity index (χ0) is 29.4. The molecule has 5 N–H and O–H groups in total. The molecule has 3 aromatic rings. The summed E-state index contributed by atoms with van der Waals surface area (Å²) in [4.78, 5) is 70.1. The van der Waals surface area contributed by atoms with E-state index in [9.17, 15) is 39.2 Å². The topological polar surface area (TPSA) is 210 Å². The van der Waals surface area contributed by atoms with Gasteiger partial charge in [0, 0.05) is 43.0 Å². The first-order valence-corrected chi connectivity index (χ1v) is 11.8. The van der Waals surface area contributed by atoms with Gasteiger partial charge in [0.15, 0.2) is 0 Å². The highest BCUT2D eigenvalue weighted by molar-refractivity contribution is 6.07. The number of amides is 3. The second kappa shape index (κ2) is 12.8. The second-order valence-electron chi connectivity index (χ2n) is 8.71. The molecule has 3 rings (SSSR count). The van der Waals surface area contributed by atoms with E-state index in [2.05, 4.69) is 16.0 Å². The SMILES string of the molecule is Cn1cc(NC(=O)c2cccc([N+](=O)[O-])c2)cc1C(=O)Nc1cccc(CC(=O)NC(CCC(=O)O)C(=O)O)c1. The monoisotopic (exact) mass is 551 g/mol. The van der Waals surface area contributed by atoms with E-state index >= 15 is 0 Å². The van der Waals surface area contributed by atoms with Gasteiger partial charge in [-0.3, -0.25) is 29.3 Å². The molecule has 0 saturated carbocycles. The number of nitrogens with zero attached hydrogens (tertiary/aromatic N) is 2. The van der Waals surface area contributed by atoms with Crippen molar-refractivity contribution in [1.29, 1.82) is 0 Å². The summed E-state index contributed by atoms with van der Waals surface area (Å²) in [6.07, 6.45) is 0.599. The Labute approximate surface area is 226 Å². The highest BCUT2D eigenvalue weighted by Crippen LogP contribution is 2.19. The number of hydrogen-bond donors (Lipinski definition) is 5. The number of nitrogens with one attached hydrogen (secondary N) is 3. The van der Waals surface area contributed by atoms with E-state index in [0.717, 1.165) is 6.07 Å². The average molecular weight is 552 g/mol. The van der Waals surface area contributed by atoms with E-state index in [0.29, 0.717) is 11.3 Å². The van der Waals surface area contributed by atoms with Crippen molar-refractivity contribution in [3.05, 3.63) is 87.7 Å². The van der Waals surface area contributed by atoms with E-state index in [4.69, 9.17) is 5.11 Å². The van der Waals surface area contributed by atoms with Crippen LogP contribution in [-0.4, -0.2) is 55.4 Å². The predicted octanol–water partition coefficient (Wildman–Crippen LogP) is 2.41. The Hall–Kier alpha value is -5.53. The zero-order valence-corrected chi connectivity index (χ0v) is 21.1. The van der Waals surface area contributed by atoms with Crippen molar-refractivity contribution < 1.29 is 39.1 Å². The molecular weight excluding hydrogens is 526 g/mol. The minimum Gasteiger partial charge on any atom is -0.481 e. The first-order valence-electron chi connectivity index (χ1n) is 11.8. The smallest absolute Gasteiger partial charge is 0.326 e. The normalized spacial score (nSPS) is 11.2. The molecule has 1 unspecified atom stereocenters. The molecule has 3 amide bonds. The molecular formula is C26H25N5O9. The van der Waals surface area contributed by atoms with Gasteiger partial charge in [-0.1, -0.05) is 18.2 Å². The molecule has 0 aliphatic rings. The number of carboxylic acids is 2. The maximum Gasteiger partial charge on any atom is 0.326 e. The lowest BCUT2D eigenvalue weighted by Gasteiger charge is -2.14. The van der Waals surface area contributed by atoms with Gasteiger partial charge in [0.1, 0.15) is 11.7 Å². The summed E-state index contributed by atoms with van der Waals surface area (Å²) in [6, 6.07) is 11.6. The number of aromatic nitrogens is 1. The van der Waals surface area contributed by atoms with Crippen LogP contribution in [0.3, 0.4) is 0 Å². The van der Waals surface area contributed by atoms with Crippen LogP contribution >= 0.6 is 0 Å². The van der Waals surface area contributed by atoms with Gasteiger partial charge >= 0.3 is 11.9 Å². The van der Waals surface area contributed by atoms with Crippen molar-refractivity contribution in [2.75, 3.05) is 10.6 Å². The lowest BCUT2D eigenvalue weighted by atomic mass is 10.1. The average Bonchev–Trinajstić information content (AvgIpc) is 3.26. The van der Waals surface area contributed by atoms with Crippen molar-refractivity contribution in [3.63, 3.8) is 0 Å². The van der Waals surface area contributed by atoms with Crippen molar-refractivity contribution in [3.8, 4) is 0 Å². The van der Waals surface area contributed by atoms with Gasteiger partial charge in [-0.25, -0.2) is 4.79 Å². The summed E-state index contributed by atoms with van der Waals surface area (Å²) in [5.41, 5.74) is 1.11. The summed E-state index contributed by atoms with van der Waals surface area (Å²) in [6.45, 7) is 0. The third kappa shape index (κ3) is 7.98. The molecule has 0 bridgehead atoms. The molecule has 1 atom stereocenters. The first kappa shape index (κ1) is 29.0. The molecule has 14 nitrogen and oxygen atoms in total. The first-order chi connectivity index (χ1) is 18.9. The number of nitro groups is 1. The van der Waals surface area contributed by atoms with Crippen LogP contribution in [0.15, 0.2) is 60.8 Å². The molecule has 0 spiro atoms. The van der Waals surface area contributed by atoms with Gasteiger partial charge in [0.25, 0.3) is 17.5 Å². The number of aryl methyl sites for hydroxylation is 1. The highest BCUT2D eigenvalue weighted by Gasteiger charge is 2.21. The third-order valence-corrected chi connectivity index (χ3v) is 5.64. The fraction of sp³-hybridized carbons (Fsp3) is 0.192. The Balaban J connectivity index is 1.63. The van der Waals surface area contributed by atoms with E-state index in [1.807, 2.05) is 0 Å². The Morgan fingerprint density at radius 3 is 2.33 bits per heavy atom. The molecule has 0 fully saturated rings. The van der Waals surface area contributed by atoms with E-state index in [-0.39, 0.29) is 35.5 Å². The number of carboxylic acid groups (broad SMARTS) is 2. The quantitative estimate of drug-likeness (QED) is 0.165. The molecule has 40 heavy (non-hydrogen) atoms. The number of benzene rings is 2. The standard InChI is InChI=1S/C26H25N5O9/c1-30-14-18(28-24(35)16-5-3-7-19(12-16)31(39)40)13-21(30)25(36)27-17-6-2-4-15(10-17)11-22(32)29-20(26(37)38)8-9-23(33)34/h2-7,10,12-14,20H,8-9,11H2,1H3,(H,27,36)(H,28,35)(H,29,32)(H,33,34)(H,37,38). The lowest BCUT2D eigenvalue weighted by Crippen LogP contribution is -2.41. The van der Waals surface area contributed by atoms with E-state index in [1.165, 1.54) is 41.1 Å². The van der Waals surface area contributed by atoms with Crippen LogP contribution in [0.4, 0.5) is 17.1 Å². The molecule has 2 aromatic carbocycles. The molecule has 1 heterocycles. The number of non-ortho nitro benzene ring substituents is 1. The van der Waals surface area contributed by atoms with Gasteiger partial charge < -0.3 is 30.7 Å². The maximum atomic E-state index is 12.9. The van der Waals surface area contributed by atoms with Gasteiger partial charge in [-0.05, 0) is 36.2 Å². The third-order valence-electron chi connectivity index (χ3n) is 5.64. The van der Waals surface area contributed by atoms with Crippen LogP contribution < -0.4 is 16.0 Å². The fourth-order valence-electron chi connectivity index (χ4n) is 3.73. The van der Waals surface area contributed by atoms with E-state index < -0.39 is 47.0 Å². The molecule has 0 saturated heterocycles. The number of hydrogen-bond acceptors (Lipinski definition) is 7. The number of nitro benzene ring substituents is 1. The van der Waals surface area contributed by atoms with Gasteiger partial charge in [0.05, 0.1) is 17.0 Å². The summed E-state index contributed by atoms with van der Waals surface area (Å²) in [7, 11) is 1.59. The molecule has 208 valence electrons. The van der Waals surface area contributed by atoms with Crippen molar-refractivity contribution in [1.82, 2.24) is 9.88 Å². The molecule has 0 radical (unpaired) electrons. The predicted molar refractivity (Wildman–Crippen MR) is 141 cm³/mol. The number of carbonyl (C=O) groups excluding carboxylic acids is 3. The molecule has 0 aliphatic carbocycles. The summed E-state index contributed by atoms with van der Waals surface area (Å²) < 4.78 is 1.47. The summed E-state index contributed by atoms with van der Waals surface area (Å²) in [5, 5.41) is 36.5. The largest absolute Gasteiger partial charge is 0.481 e. The number of anilines is 2. The Bertz CT molecular complexity index is 1480. The van der Waals surface area contributed by atoms with Gasteiger partial charge in [-0.15, -0.1) is 0 Å². The van der Waals surface area contributed by atoms with E-state index in [1.54, 1.807) is 25.2 Å². The molecule has 1 aromatic heterocycles. The van der Waals surface area contributed by atoms with Gasteiger partial charge in [-0.2, -0.15) is 0 Å². The molecule has 0 aliphatic heterocycles. The Morgan fingerprint density at radius 2 is 1.65 bits per heavy atom. The number of carbonyl (C=O) groups is 5. The number of rotatable bonds is 12. The lowest BCUT2D eigenvalue weighted by molar-refractivity contribution is -0.384. The Morgan fingerprint density at radius 1 is 0.950 bits per heavy atom. The van der Waals surface area contributed by atoms with Gasteiger partial charge in [0.2, 0.25) is 5.91 Å². The van der Waals surface area contributed by atoms with Crippen LogP contribution in [0.1, 0.15) is 39.3 Å². The van der Waals surface area contributed by atoms with Crippen molar-refractivity contribution in [2.45, 2.75) is 25.3 Å². The minimum atomic E-state index is -1.35. The fourth-order valence-corrected chi connectivity index (χ4v) is 3.73. The van der Waals surface area contributed by atoms with Crippen LogP contribution in [-0.2, 0) is 27.9 Å². The summed E-state index contributed by atoms with van der Waals surface area (Å²) >= 11 is 0. The van der Waals surface area contributed by atoms with Crippen LogP contribution in [0.2, 0.25) is 0 Å². The van der Waals surface area contributed by atoms with Crippen LogP contribution in [0, 0.1) is 10.1 Å². The zero-order valence-electron chi connectivity index (χ0n) is 21.1. The maximum absolute atomic E-state index is 12.9. The molecule has 14 heteroatoms. The highest BCUT2D eigenvalue weighted by atomic mass is 16.6. The van der Waals surface area contributed by atoms with Crippen LogP contribution in [0.5, 0.6) is 0 Å². The Kier molecular flexibility index (Phi) is 9.30. The van der Waals surface area contributed by atoms with Crippen LogP contribution in [0.25, 0.3) is 0 Å². The number of aliphatic carboxylic acids is 2. The summed E-state index contributed by atoms with van der Waals surface area (Å²) in [5.74, 6) is -4.29. The van der Waals surface area contributed by atoms with Crippen molar-refractivity contribution in [2.24, 2.45) is 7.05 Å². The minimum absolute atomic E-state index is 0.0708.